The number of hydrogen-bond donors (Lipinski definition) is 1. The van der Waals surface area contributed by atoms with Crippen LogP contribution >= 0.6 is 23.2 Å². The van der Waals surface area contributed by atoms with Crippen LogP contribution in [-0.4, -0.2) is 62.3 Å². The van der Waals surface area contributed by atoms with Crippen molar-refractivity contribution >= 4 is 39.1 Å². The van der Waals surface area contributed by atoms with Crippen LogP contribution in [0.3, 0.4) is 0 Å². The number of halogens is 2. The summed E-state index contributed by atoms with van der Waals surface area (Å²) in [5.74, 6) is -0.183. The number of nitrogens with zero attached hydrogens (tertiary/aromatic N) is 2. The van der Waals surface area contributed by atoms with Gasteiger partial charge in [-0.25, -0.2) is 12.7 Å². The number of nitrogens with one attached hydrogen (secondary N) is 1. The molecule has 2 heterocycles. The molecule has 1 aromatic carbocycles. The summed E-state index contributed by atoms with van der Waals surface area (Å²) in [6.45, 7) is 5.87. The van der Waals surface area contributed by atoms with Crippen LogP contribution in [0.5, 0.6) is 0 Å². The van der Waals surface area contributed by atoms with Gasteiger partial charge in [0.2, 0.25) is 15.9 Å². The number of carbonyl (C=O) groups excluding carboxylic acids is 1. The van der Waals surface area contributed by atoms with E-state index in [0.717, 1.165) is 13.0 Å². The van der Waals surface area contributed by atoms with Gasteiger partial charge in [-0.2, -0.15) is 0 Å². The van der Waals surface area contributed by atoms with Crippen molar-refractivity contribution in [3.8, 4) is 0 Å². The Hall–Kier alpha value is -0.860. The lowest BCUT2D eigenvalue weighted by molar-refractivity contribution is -0.126. The third kappa shape index (κ3) is 7.07. The Labute approximate surface area is 202 Å². The molecule has 1 atom stereocenters. The number of rotatable bonds is 9. The second-order valence-corrected chi connectivity index (χ2v) is 11.7. The van der Waals surface area contributed by atoms with Gasteiger partial charge < -0.3 is 10.2 Å². The Bertz CT molecular complexity index is 873. The maximum absolute atomic E-state index is 12.8. The van der Waals surface area contributed by atoms with Crippen LogP contribution in [0, 0.1) is 5.92 Å². The third-order valence-electron chi connectivity index (χ3n) is 6.69. The van der Waals surface area contributed by atoms with Gasteiger partial charge in [0.25, 0.3) is 0 Å². The number of carbonyl (C=O) groups is 1. The zero-order chi connectivity index (χ0) is 23.1. The fourth-order valence-corrected chi connectivity index (χ4v) is 6.65. The molecule has 2 saturated heterocycles. The highest BCUT2D eigenvalue weighted by Gasteiger charge is 2.31. The average molecular weight is 505 g/mol. The molecule has 2 aliphatic rings. The van der Waals surface area contributed by atoms with E-state index in [9.17, 15) is 13.2 Å². The molecule has 180 valence electrons. The van der Waals surface area contributed by atoms with Gasteiger partial charge in [0.05, 0.1) is 15.8 Å². The van der Waals surface area contributed by atoms with E-state index in [0.29, 0.717) is 54.1 Å². The van der Waals surface area contributed by atoms with Crippen LogP contribution < -0.4 is 5.32 Å². The van der Waals surface area contributed by atoms with E-state index in [4.69, 9.17) is 23.2 Å². The van der Waals surface area contributed by atoms with Crippen molar-refractivity contribution in [2.75, 3.05) is 32.7 Å². The van der Waals surface area contributed by atoms with Gasteiger partial charge in [-0.15, -0.1) is 0 Å². The quantitative estimate of drug-likeness (QED) is 0.509. The molecule has 9 heteroatoms. The van der Waals surface area contributed by atoms with E-state index in [1.54, 1.807) is 18.2 Å². The molecule has 3 rings (SSSR count). The fourth-order valence-electron chi connectivity index (χ4n) is 4.78. The standard InChI is InChI=1S/C23H35Cl2N3O3S/c1-2-20-6-3-4-12-27(20)13-5-11-26-23(29)19-9-14-28(15-10-19)32(30,31)17-18-7-8-21(24)22(25)16-18/h7-8,16,19-20H,2-6,9-15,17H2,1H3,(H,26,29)/t20-/m1/s1. The molecule has 0 aliphatic carbocycles. The Morgan fingerprint density at radius 1 is 1.09 bits per heavy atom. The highest BCUT2D eigenvalue weighted by atomic mass is 35.5. The van der Waals surface area contributed by atoms with Gasteiger partial charge in [0.1, 0.15) is 0 Å². The second kappa shape index (κ2) is 12.0. The Balaban J connectivity index is 1.39. The summed E-state index contributed by atoms with van der Waals surface area (Å²) in [4.78, 5) is 15.1. The predicted molar refractivity (Wildman–Crippen MR) is 131 cm³/mol. The van der Waals surface area contributed by atoms with Gasteiger partial charge in [0, 0.05) is 38.1 Å². The fraction of sp³-hybridized carbons (Fsp3) is 0.696. The Morgan fingerprint density at radius 2 is 1.84 bits per heavy atom. The zero-order valence-corrected chi connectivity index (χ0v) is 21.2. The smallest absolute Gasteiger partial charge is 0.223 e. The molecule has 1 N–H and O–H groups in total. The third-order valence-corrected chi connectivity index (χ3v) is 9.28. The largest absolute Gasteiger partial charge is 0.356 e. The number of piperidine rings is 2. The lowest BCUT2D eigenvalue weighted by atomic mass is 9.97. The molecule has 1 aromatic rings. The average Bonchev–Trinajstić information content (AvgIpc) is 2.79. The van der Waals surface area contributed by atoms with Crippen molar-refractivity contribution < 1.29 is 13.2 Å². The topological polar surface area (TPSA) is 69.7 Å². The predicted octanol–water partition coefficient (Wildman–Crippen LogP) is 4.31. The minimum atomic E-state index is -3.46. The van der Waals surface area contributed by atoms with E-state index in [-0.39, 0.29) is 17.6 Å². The molecule has 1 amide bonds. The first-order valence-corrected chi connectivity index (χ1v) is 14.1. The highest BCUT2D eigenvalue weighted by Crippen LogP contribution is 2.26. The van der Waals surface area contributed by atoms with Gasteiger partial charge in [-0.1, -0.05) is 42.6 Å². The summed E-state index contributed by atoms with van der Waals surface area (Å²) in [5.41, 5.74) is 0.610. The molecule has 6 nitrogen and oxygen atoms in total. The molecule has 0 unspecified atom stereocenters. The highest BCUT2D eigenvalue weighted by molar-refractivity contribution is 7.88. The monoisotopic (exact) mass is 503 g/mol. The number of sulfonamides is 1. The summed E-state index contributed by atoms with van der Waals surface area (Å²) in [5, 5.41) is 3.82. The van der Waals surface area contributed by atoms with E-state index in [1.165, 1.54) is 36.5 Å². The van der Waals surface area contributed by atoms with Crippen LogP contribution in [0.15, 0.2) is 18.2 Å². The molecular weight excluding hydrogens is 469 g/mol. The maximum atomic E-state index is 12.8. The molecular formula is C23H35Cl2N3O3S. The van der Waals surface area contributed by atoms with Gasteiger partial charge in [-0.3, -0.25) is 4.79 Å². The van der Waals surface area contributed by atoms with Crippen molar-refractivity contribution in [1.82, 2.24) is 14.5 Å². The maximum Gasteiger partial charge on any atom is 0.223 e. The molecule has 0 aromatic heterocycles. The molecule has 0 radical (unpaired) electrons. The second-order valence-electron chi connectivity index (χ2n) is 8.92. The number of likely N-dealkylation sites (tertiary alicyclic amines) is 1. The first-order valence-electron chi connectivity index (χ1n) is 11.7. The normalized spacial score (nSPS) is 21.5. The van der Waals surface area contributed by atoms with Crippen LogP contribution in [-0.2, 0) is 20.6 Å². The molecule has 0 spiro atoms. The van der Waals surface area contributed by atoms with Crippen molar-refractivity contribution in [3.05, 3.63) is 33.8 Å². The van der Waals surface area contributed by atoms with Crippen molar-refractivity contribution in [1.29, 1.82) is 0 Å². The van der Waals surface area contributed by atoms with Crippen molar-refractivity contribution in [3.63, 3.8) is 0 Å². The SMILES string of the molecule is CC[C@@H]1CCCCN1CCCNC(=O)C1CCN(S(=O)(=O)Cc2ccc(Cl)c(Cl)c2)CC1. The number of hydrogen-bond acceptors (Lipinski definition) is 4. The summed E-state index contributed by atoms with van der Waals surface area (Å²) in [7, 11) is -3.46. The first kappa shape index (κ1) is 25.8. The van der Waals surface area contributed by atoms with Gasteiger partial charge in [-0.05, 0) is 62.8 Å². The number of amides is 1. The van der Waals surface area contributed by atoms with Crippen LogP contribution in [0.2, 0.25) is 10.0 Å². The minimum Gasteiger partial charge on any atom is -0.356 e. The lowest BCUT2D eigenvalue weighted by Gasteiger charge is -2.35. The summed E-state index contributed by atoms with van der Waals surface area (Å²) in [6.07, 6.45) is 7.14. The minimum absolute atomic E-state index is 0.0530. The molecule has 2 fully saturated rings. The first-order chi connectivity index (χ1) is 15.3. The molecule has 0 bridgehead atoms. The Kier molecular flexibility index (Phi) is 9.68. The summed E-state index contributed by atoms with van der Waals surface area (Å²) in [6, 6.07) is 5.57. The van der Waals surface area contributed by atoms with E-state index >= 15 is 0 Å². The lowest BCUT2D eigenvalue weighted by Crippen LogP contribution is -2.44. The van der Waals surface area contributed by atoms with E-state index < -0.39 is 10.0 Å². The Morgan fingerprint density at radius 3 is 2.53 bits per heavy atom. The van der Waals surface area contributed by atoms with Crippen LogP contribution in [0.1, 0.15) is 57.4 Å². The van der Waals surface area contributed by atoms with Crippen LogP contribution in [0.4, 0.5) is 0 Å². The molecule has 2 aliphatic heterocycles. The van der Waals surface area contributed by atoms with E-state index in [2.05, 4.69) is 17.1 Å². The summed E-state index contributed by atoms with van der Waals surface area (Å²) >= 11 is 11.9. The van der Waals surface area contributed by atoms with Crippen molar-refractivity contribution in [2.45, 2.75) is 63.7 Å². The summed E-state index contributed by atoms with van der Waals surface area (Å²) < 4.78 is 27.1. The van der Waals surface area contributed by atoms with Crippen molar-refractivity contribution in [2.24, 2.45) is 5.92 Å². The van der Waals surface area contributed by atoms with Gasteiger partial charge in [0.15, 0.2) is 0 Å². The molecule has 0 saturated carbocycles. The van der Waals surface area contributed by atoms with Crippen LogP contribution in [0.25, 0.3) is 0 Å². The van der Waals surface area contributed by atoms with Gasteiger partial charge >= 0.3 is 0 Å². The molecule has 32 heavy (non-hydrogen) atoms. The van der Waals surface area contributed by atoms with E-state index in [1.807, 2.05) is 0 Å². The zero-order valence-electron chi connectivity index (χ0n) is 18.9. The number of benzene rings is 1.